The van der Waals surface area contributed by atoms with Crippen molar-refractivity contribution in [1.29, 1.82) is 0 Å². The van der Waals surface area contributed by atoms with Crippen molar-refractivity contribution in [2.45, 2.75) is 19.9 Å². The molecule has 0 saturated heterocycles. The van der Waals surface area contributed by atoms with Gasteiger partial charge < -0.3 is 10.2 Å². The van der Waals surface area contributed by atoms with Crippen LogP contribution in [0.3, 0.4) is 0 Å². The first kappa shape index (κ1) is 14.0. The molecule has 0 unspecified atom stereocenters. The molecule has 1 N–H and O–H groups in total. The Balaban J connectivity index is 1.98. The molecule has 0 aliphatic heterocycles. The molecule has 0 aliphatic carbocycles. The van der Waals surface area contributed by atoms with E-state index in [1.165, 1.54) is 10.4 Å². The highest BCUT2D eigenvalue weighted by Gasteiger charge is 2.06. The van der Waals surface area contributed by atoms with Crippen LogP contribution in [0, 0.1) is 6.92 Å². The summed E-state index contributed by atoms with van der Waals surface area (Å²) in [5, 5.41) is 5.29. The van der Waals surface area contributed by atoms with Crippen LogP contribution >= 0.6 is 11.3 Å². The van der Waals surface area contributed by atoms with Gasteiger partial charge in [-0.05, 0) is 43.5 Å². The van der Waals surface area contributed by atoms with Gasteiger partial charge in [-0.15, -0.1) is 11.3 Å². The highest BCUT2D eigenvalue weighted by Crippen LogP contribution is 2.15. The van der Waals surface area contributed by atoms with Crippen molar-refractivity contribution < 1.29 is 0 Å². The zero-order valence-corrected chi connectivity index (χ0v) is 12.6. The Labute approximate surface area is 119 Å². The standard InChI is InChI=1S/C15H21N3S/c1-12-13(11-16-2)6-7-15(17-12)18(3)9-8-14-5-4-10-19-14/h4-7,10,16H,8-9,11H2,1-3H3. The molecule has 0 bridgehead atoms. The molecule has 0 aromatic carbocycles. The quantitative estimate of drug-likeness (QED) is 0.878. The van der Waals surface area contributed by atoms with Gasteiger partial charge in [0.05, 0.1) is 0 Å². The summed E-state index contributed by atoms with van der Waals surface area (Å²) in [5.74, 6) is 1.05. The van der Waals surface area contributed by atoms with Gasteiger partial charge in [-0.1, -0.05) is 12.1 Å². The second kappa shape index (κ2) is 6.68. The van der Waals surface area contributed by atoms with Gasteiger partial charge in [-0.25, -0.2) is 4.98 Å². The van der Waals surface area contributed by atoms with E-state index in [0.29, 0.717) is 0 Å². The molecule has 19 heavy (non-hydrogen) atoms. The lowest BCUT2D eigenvalue weighted by molar-refractivity contribution is 0.799. The van der Waals surface area contributed by atoms with Crippen molar-refractivity contribution in [3.05, 3.63) is 45.8 Å². The average Bonchev–Trinajstić information content (AvgIpc) is 2.91. The number of hydrogen-bond acceptors (Lipinski definition) is 4. The highest BCUT2D eigenvalue weighted by molar-refractivity contribution is 7.09. The van der Waals surface area contributed by atoms with E-state index in [1.807, 2.05) is 18.4 Å². The summed E-state index contributed by atoms with van der Waals surface area (Å²) in [4.78, 5) is 8.33. The number of thiophene rings is 1. The molecular formula is C15H21N3S. The van der Waals surface area contributed by atoms with Crippen LogP contribution in [-0.2, 0) is 13.0 Å². The van der Waals surface area contributed by atoms with Crippen LogP contribution in [0.4, 0.5) is 5.82 Å². The van der Waals surface area contributed by atoms with E-state index in [1.54, 1.807) is 0 Å². The molecule has 2 aromatic rings. The third-order valence-corrected chi connectivity index (χ3v) is 4.15. The van der Waals surface area contributed by atoms with Gasteiger partial charge in [0.2, 0.25) is 0 Å². The van der Waals surface area contributed by atoms with Crippen LogP contribution < -0.4 is 10.2 Å². The first-order valence-electron chi connectivity index (χ1n) is 6.55. The smallest absolute Gasteiger partial charge is 0.128 e. The zero-order chi connectivity index (χ0) is 13.7. The number of aryl methyl sites for hydroxylation is 1. The summed E-state index contributed by atoms with van der Waals surface area (Å²) in [6, 6.07) is 8.56. The van der Waals surface area contributed by atoms with Crippen LogP contribution in [0.25, 0.3) is 0 Å². The number of aromatic nitrogens is 1. The minimum Gasteiger partial charge on any atom is -0.359 e. The average molecular weight is 275 g/mol. The van der Waals surface area contributed by atoms with E-state index in [9.17, 15) is 0 Å². The molecular weight excluding hydrogens is 254 g/mol. The molecule has 4 heteroatoms. The predicted molar refractivity (Wildman–Crippen MR) is 83.0 cm³/mol. The van der Waals surface area contributed by atoms with Crippen LogP contribution in [0.2, 0.25) is 0 Å². The van der Waals surface area contributed by atoms with E-state index in [4.69, 9.17) is 0 Å². The summed E-state index contributed by atoms with van der Waals surface area (Å²) >= 11 is 1.82. The molecule has 0 fully saturated rings. The monoisotopic (exact) mass is 275 g/mol. The van der Waals surface area contributed by atoms with Crippen molar-refractivity contribution >= 4 is 17.2 Å². The second-order valence-corrected chi connectivity index (χ2v) is 5.73. The first-order valence-corrected chi connectivity index (χ1v) is 7.43. The van der Waals surface area contributed by atoms with E-state index < -0.39 is 0 Å². The lowest BCUT2D eigenvalue weighted by Crippen LogP contribution is -2.21. The summed E-state index contributed by atoms with van der Waals surface area (Å²) in [7, 11) is 4.06. The van der Waals surface area contributed by atoms with E-state index in [2.05, 4.69) is 58.8 Å². The Morgan fingerprint density at radius 3 is 2.79 bits per heavy atom. The number of hydrogen-bond donors (Lipinski definition) is 1. The van der Waals surface area contributed by atoms with Crippen molar-refractivity contribution in [2.24, 2.45) is 0 Å². The Kier molecular flexibility index (Phi) is 4.93. The Morgan fingerprint density at radius 2 is 2.16 bits per heavy atom. The molecule has 2 heterocycles. The maximum absolute atomic E-state index is 4.68. The molecule has 0 amide bonds. The first-order chi connectivity index (χ1) is 9.20. The van der Waals surface area contributed by atoms with Gasteiger partial charge in [-0.2, -0.15) is 0 Å². The molecule has 0 radical (unpaired) electrons. The zero-order valence-electron chi connectivity index (χ0n) is 11.8. The second-order valence-electron chi connectivity index (χ2n) is 4.70. The maximum atomic E-state index is 4.68. The number of pyridine rings is 1. The normalized spacial score (nSPS) is 10.7. The van der Waals surface area contributed by atoms with Gasteiger partial charge in [-0.3, -0.25) is 0 Å². The van der Waals surface area contributed by atoms with Gasteiger partial charge in [0, 0.05) is 30.7 Å². The molecule has 2 rings (SSSR count). The Morgan fingerprint density at radius 1 is 1.32 bits per heavy atom. The highest BCUT2D eigenvalue weighted by atomic mass is 32.1. The van der Waals surface area contributed by atoms with Gasteiger partial charge in [0.25, 0.3) is 0 Å². The van der Waals surface area contributed by atoms with Crippen molar-refractivity contribution in [2.75, 3.05) is 25.5 Å². The van der Waals surface area contributed by atoms with Crippen molar-refractivity contribution in [1.82, 2.24) is 10.3 Å². The summed E-state index contributed by atoms with van der Waals surface area (Å²) in [6.07, 6.45) is 1.08. The minimum atomic E-state index is 0.873. The number of nitrogens with one attached hydrogen (secondary N) is 1. The van der Waals surface area contributed by atoms with E-state index in [-0.39, 0.29) is 0 Å². The third kappa shape index (κ3) is 3.78. The van der Waals surface area contributed by atoms with Gasteiger partial charge in [0.15, 0.2) is 0 Å². The molecule has 102 valence electrons. The summed E-state index contributed by atoms with van der Waals surface area (Å²) < 4.78 is 0. The lowest BCUT2D eigenvalue weighted by atomic mass is 10.2. The number of rotatable bonds is 6. The lowest BCUT2D eigenvalue weighted by Gasteiger charge is -2.19. The fraction of sp³-hybridized carbons (Fsp3) is 0.400. The summed E-state index contributed by atoms with van der Waals surface area (Å²) in [6.45, 7) is 3.94. The number of nitrogens with zero attached hydrogens (tertiary/aromatic N) is 2. The molecule has 3 nitrogen and oxygen atoms in total. The van der Waals surface area contributed by atoms with Gasteiger partial charge in [0.1, 0.15) is 5.82 Å². The van der Waals surface area contributed by atoms with Crippen LogP contribution in [-0.4, -0.2) is 25.6 Å². The van der Waals surface area contributed by atoms with Crippen molar-refractivity contribution in [3.63, 3.8) is 0 Å². The fourth-order valence-corrected chi connectivity index (χ4v) is 2.71. The largest absolute Gasteiger partial charge is 0.359 e. The van der Waals surface area contributed by atoms with Crippen LogP contribution in [0.5, 0.6) is 0 Å². The number of anilines is 1. The maximum Gasteiger partial charge on any atom is 0.128 e. The molecule has 0 saturated carbocycles. The third-order valence-electron chi connectivity index (χ3n) is 3.21. The SMILES string of the molecule is CNCc1ccc(N(C)CCc2cccs2)nc1C. The predicted octanol–water partition coefficient (Wildman–Crippen LogP) is 2.85. The minimum absolute atomic E-state index is 0.873. The Hall–Kier alpha value is -1.39. The van der Waals surface area contributed by atoms with Gasteiger partial charge >= 0.3 is 0 Å². The molecule has 2 aromatic heterocycles. The Bertz CT molecular complexity index is 508. The summed E-state index contributed by atoms with van der Waals surface area (Å²) in [5.41, 5.74) is 2.37. The van der Waals surface area contributed by atoms with Crippen molar-refractivity contribution in [3.8, 4) is 0 Å². The number of likely N-dealkylation sites (N-methyl/N-ethyl adjacent to an activating group) is 1. The molecule has 0 spiro atoms. The van der Waals surface area contributed by atoms with E-state index in [0.717, 1.165) is 31.0 Å². The molecule has 0 aliphatic rings. The van der Waals surface area contributed by atoms with Crippen LogP contribution in [0.15, 0.2) is 29.6 Å². The van der Waals surface area contributed by atoms with E-state index >= 15 is 0 Å². The topological polar surface area (TPSA) is 28.2 Å². The molecule has 0 atom stereocenters. The fourth-order valence-electron chi connectivity index (χ4n) is 2.01. The van der Waals surface area contributed by atoms with Crippen LogP contribution in [0.1, 0.15) is 16.1 Å².